The minimum Gasteiger partial charge on any atom is -0.244 e. The first-order chi connectivity index (χ1) is 9.89. The lowest BCUT2D eigenvalue weighted by Gasteiger charge is -2.46. The zero-order chi connectivity index (χ0) is 15.2. The van der Waals surface area contributed by atoms with E-state index in [1.54, 1.807) is 0 Å². The van der Waals surface area contributed by atoms with Crippen molar-refractivity contribution in [2.24, 2.45) is 29.6 Å². The van der Waals surface area contributed by atoms with Crippen molar-refractivity contribution in [2.45, 2.75) is 76.6 Å². The van der Waals surface area contributed by atoms with E-state index in [-0.39, 0.29) is 24.7 Å². The second-order valence-corrected chi connectivity index (χ2v) is 7.78. The monoisotopic (exact) mass is 306 g/mol. The average molecular weight is 306 g/mol. The number of hydrogen-bond donors (Lipinski definition) is 0. The van der Waals surface area contributed by atoms with Crippen LogP contribution in [-0.2, 0) is 0 Å². The summed E-state index contributed by atoms with van der Waals surface area (Å²) in [7, 11) is 0. The van der Waals surface area contributed by atoms with E-state index >= 15 is 0 Å². The fourth-order valence-electron chi connectivity index (χ4n) is 4.98. The fraction of sp³-hybridized carbons (Fsp3) is 1.00. The highest BCUT2D eigenvalue weighted by Gasteiger charge is 2.59. The van der Waals surface area contributed by atoms with E-state index in [9.17, 15) is 17.6 Å². The van der Waals surface area contributed by atoms with Crippen LogP contribution in [0.4, 0.5) is 17.6 Å². The Kier molecular flexibility index (Phi) is 4.26. The summed E-state index contributed by atoms with van der Waals surface area (Å²) in [6.45, 7) is 2.17. The van der Waals surface area contributed by atoms with Crippen molar-refractivity contribution >= 4 is 0 Å². The van der Waals surface area contributed by atoms with Crippen LogP contribution in [-0.4, -0.2) is 18.3 Å². The van der Waals surface area contributed by atoms with Gasteiger partial charge in [-0.15, -0.1) is 0 Å². The van der Waals surface area contributed by atoms with Crippen LogP contribution in [0.25, 0.3) is 0 Å². The molecule has 21 heavy (non-hydrogen) atoms. The Morgan fingerprint density at radius 1 is 0.810 bits per heavy atom. The van der Waals surface area contributed by atoms with Crippen LogP contribution < -0.4 is 0 Å². The molecule has 0 aromatic heterocycles. The molecule has 3 aliphatic rings. The molecule has 3 aliphatic carbocycles. The van der Waals surface area contributed by atoms with Crippen molar-refractivity contribution in [2.75, 3.05) is 0 Å². The van der Waals surface area contributed by atoms with Gasteiger partial charge in [-0.25, -0.2) is 17.6 Å². The zero-order valence-electron chi connectivity index (χ0n) is 12.7. The molecule has 5 unspecified atom stereocenters. The van der Waals surface area contributed by atoms with Crippen molar-refractivity contribution < 1.29 is 17.6 Å². The van der Waals surface area contributed by atoms with E-state index in [0.717, 1.165) is 25.7 Å². The maximum Gasteiger partial charge on any atom is 0.256 e. The molecule has 0 spiro atoms. The van der Waals surface area contributed by atoms with Gasteiger partial charge in [-0.1, -0.05) is 19.8 Å². The second-order valence-electron chi connectivity index (χ2n) is 7.78. The molecule has 0 nitrogen and oxygen atoms in total. The quantitative estimate of drug-likeness (QED) is 0.556. The molecule has 0 amide bonds. The van der Waals surface area contributed by atoms with Gasteiger partial charge in [-0.3, -0.25) is 0 Å². The van der Waals surface area contributed by atoms with Gasteiger partial charge in [0.25, 0.3) is 5.92 Å². The maximum atomic E-state index is 14.8. The molecular formula is C17H26F4. The summed E-state index contributed by atoms with van der Waals surface area (Å²) in [5, 5.41) is 0. The van der Waals surface area contributed by atoms with Crippen LogP contribution in [0.3, 0.4) is 0 Å². The number of fused-ring (bicyclic) bond motifs is 2. The van der Waals surface area contributed by atoms with Gasteiger partial charge in [0.15, 0.2) is 0 Å². The topological polar surface area (TPSA) is 0 Å². The highest BCUT2D eigenvalue weighted by atomic mass is 19.3. The summed E-state index contributed by atoms with van der Waals surface area (Å²) >= 11 is 0. The Balaban J connectivity index is 1.81. The third-order valence-electron chi connectivity index (χ3n) is 6.37. The van der Waals surface area contributed by atoms with E-state index < -0.39 is 30.1 Å². The normalized spacial score (nSPS) is 50.4. The molecule has 122 valence electrons. The van der Waals surface area contributed by atoms with Gasteiger partial charge in [-0.2, -0.15) is 0 Å². The van der Waals surface area contributed by atoms with Gasteiger partial charge >= 0.3 is 0 Å². The van der Waals surface area contributed by atoms with Crippen LogP contribution in [0, 0.1) is 29.6 Å². The molecule has 2 bridgehead atoms. The zero-order valence-corrected chi connectivity index (χ0v) is 12.7. The number of hydrogen-bond acceptors (Lipinski definition) is 0. The van der Waals surface area contributed by atoms with E-state index in [2.05, 4.69) is 6.92 Å². The van der Waals surface area contributed by atoms with Crippen LogP contribution >= 0.6 is 0 Å². The highest BCUT2D eigenvalue weighted by Crippen LogP contribution is 2.55. The first kappa shape index (κ1) is 15.6. The average Bonchev–Trinajstić information content (AvgIpc) is 2.57. The van der Waals surface area contributed by atoms with Gasteiger partial charge in [0.2, 0.25) is 0 Å². The lowest BCUT2D eigenvalue weighted by Crippen LogP contribution is -2.50. The van der Waals surface area contributed by atoms with Crippen molar-refractivity contribution in [3.8, 4) is 0 Å². The summed E-state index contributed by atoms with van der Waals surface area (Å²) in [5.41, 5.74) is 0. The minimum absolute atomic E-state index is 0.00450. The molecule has 0 aromatic rings. The first-order valence-electron chi connectivity index (χ1n) is 8.55. The van der Waals surface area contributed by atoms with Crippen LogP contribution in [0.5, 0.6) is 0 Å². The van der Waals surface area contributed by atoms with Gasteiger partial charge < -0.3 is 0 Å². The first-order valence-corrected chi connectivity index (χ1v) is 8.55. The highest BCUT2D eigenvalue weighted by molar-refractivity contribution is 5.01. The molecule has 0 aliphatic heterocycles. The Morgan fingerprint density at radius 2 is 1.43 bits per heavy atom. The largest absolute Gasteiger partial charge is 0.256 e. The SMILES string of the molecule is CC1CCC(C2CC3CCC(F)C(F)C(C3)C2(F)F)CC1. The van der Waals surface area contributed by atoms with E-state index in [0.29, 0.717) is 18.8 Å². The fourth-order valence-corrected chi connectivity index (χ4v) is 4.98. The predicted octanol–water partition coefficient (Wildman–Crippen LogP) is 5.56. The third-order valence-corrected chi connectivity index (χ3v) is 6.37. The van der Waals surface area contributed by atoms with Gasteiger partial charge in [0.05, 0.1) is 5.92 Å². The van der Waals surface area contributed by atoms with E-state index in [1.165, 1.54) is 0 Å². The number of alkyl halides is 4. The summed E-state index contributed by atoms with van der Waals surface area (Å²) < 4.78 is 57.5. The maximum absolute atomic E-state index is 14.8. The molecule has 4 heteroatoms. The van der Waals surface area contributed by atoms with E-state index in [4.69, 9.17) is 0 Å². The smallest absolute Gasteiger partial charge is 0.244 e. The minimum atomic E-state index is -3.03. The molecule has 3 rings (SSSR count). The molecular weight excluding hydrogens is 280 g/mol. The number of halogens is 4. The molecule has 0 saturated heterocycles. The Hall–Kier alpha value is -0.280. The van der Waals surface area contributed by atoms with Gasteiger partial charge in [-0.05, 0) is 56.3 Å². The summed E-state index contributed by atoms with van der Waals surface area (Å²) in [4.78, 5) is 0. The van der Waals surface area contributed by atoms with Crippen molar-refractivity contribution in [3.05, 3.63) is 0 Å². The van der Waals surface area contributed by atoms with Crippen molar-refractivity contribution in [1.29, 1.82) is 0 Å². The van der Waals surface area contributed by atoms with Crippen LogP contribution in [0.1, 0.15) is 58.3 Å². The molecule has 5 atom stereocenters. The Labute approximate surface area is 124 Å². The third kappa shape index (κ3) is 2.84. The van der Waals surface area contributed by atoms with Crippen LogP contribution in [0.15, 0.2) is 0 Å². The van der Waals surface area contributed by atoms with E-state index in [1.807, 2.05) is 0 Å². The van der Waals surface area contributed by atoms with Gasteiger partial charge in [0, 0.05) is 5.92 Å². The van der Waals surface area contributed by atoms with Crippen LogP contribution in [0.2, 0.25) is 0 Å². The second kappa shape index (κ2) is 5.73. The predicted molar refractivity (Wildman–Crippen MR) is 74.8 cm³/mol. The molecule has 0 heterocycles. The summed E-state index contributed by atoms with van der Waals surface area (Å²) in [6.07, 6.45) is 1.32. The standard InChI is InChI=1S/C17H26F4/c1-10-2-5-12(6-3-10)13-8-11-4-7-15(18)16(19)14(9-11)17(13,20)21/h10-16H,2-9H2,1H3. The lowest BCUT2D eigenvalue weighted by molar-refractivity contribution is -0.183. The Morgan fingerprint density at radius 3 is 2.10 bits per heavy atom. The van der Waals surface area contributed by atoms with Crippen molar-refractivity contribution in [1.82, 2.24) is 0 Å². The molecule has 3 fully saturated rings. The molecule has 0 aromatic carbocycles. The molecule has 0 N–H and O–H groups in total. The molecule has 3 saturated carbocycles. The summed E-state index contributed by atoms with van der Waals surface area (Å²) in [6, 6.07) is 0. The molecule has 0 radical (unpaired) electrons. The number of rotatable bonds is 1. The summed E-state index contributed by atoms with van der Waals surface area (Å²) in [5.74, 6) is -4.43. The van der Waals surface area contributed by atoms with Crippen molar-refractivity contribution in [3.63, 3.8) is 0 Å². The lowest BCUT2D eigenvalue weighted by atomic mass is 9.63. The van der Waals surface area contributed by atoms with Gasteiger partial charge in [0.1, 0.15) is 12.3 Å². The Bertz CT molecular complexity index is 362.